The van der Waals surface area contributed by atoms with Crippen molar-refractivity contribution >= 4 is 11.8 Å². The minimum absolute atomic E-state index is 0.0953. The number of carbonyl (C=O) groups excluding carboxylic acids is 2. The van der Waals surface area contributed by atoms with Crippen molar-refractivity contribution in [2.75, 3.05) is 6.54 Å². The second-order valence-electron chi connectivity index (χ2n) is 5.12. The summed E-state index contributed by atoms with van der Waals surface area (Å²) in [5.74, 6) is -0.337. The Bertz CT molecular complexity index is 467. The highest BCUT2D eigenvalue weighted by Crippen LogP contribution is 2.08. The Kier molecular flexibility index (Phi) is 4.19. The summed E-state index contributed by atoms with van der Waals surface area (Å²) in [6.07, 6.45) is 5.83. The van der Waals surface area contributed by atoms with Gasteiger partial charge in [-0.05, 0) is 33.1 Å². The molecule has 0 aromatic carbocycles. The maximum absolute atomic E-state index is 12.1. The molecule has 1 aliphatic rings. The van der Waals surface area contributed by atoms with Gasteiger partial charge in [0.25, 0.3) is 5.91 Å². The SMILES string of the molecule is CC(C)n1cc(C(=O)NC2CCCCNC2=O)cn1. The van der Waals surface area contributed by atoms with Gasteiger partial charge in [0.05, 0.1) is 11.8 Å². The first-order valence-corrected chi connectivity index (χ1v) is 6.70. The van der Waals surface area contributed by atoms with E-state index >= 15 is 0 Å². The zero-order valence-electron chi connectivity index (χ0n) is 11.3. The fourth-order valence-electron chi connectivity index (χ4n) is 2.06. The maximum atomic E-state index is 12.1. The largest absolute Gasteiger partial charge is 0.354 e. The number of nitrogens with zero attached hydrogens (tertiary/aromatic N) is 2. The van der Waals surface area contributed by atoms with Gasteiger partial charge in [0, 0.05) is 18.8 Å². The highest BCUT2D eigenvalue weighted by atomic mass is 16.2. The molecule has 1 aromatic rings. The third-order valence-corrected chi connectivity index (χ3v) is 3.23. The predicted molar refractivity (Wildman–Crippen MR) is 70.7 cm³/mol. The number of aromatic nitrogens is 2. The van der Waals surface area contributed by atoms with E-state index in [1.165, 1.54) is 6.20 Å². The van der Waals surface area contributed by atoms with E-state index < -0.39 is 6.04 Å². The molecule has 0 radical (unpaired) electrons. The predicted octanol–water partition coefficient (Wildman–Crippen LogP) is 0.862. The van der Waals surface area contributed by atoms with Gasteiger partial charge in [-0.25, -0.2) is 0 Å². The fraction of sp³-hybridized carbons (Fsp3) is 0.615. The van der Waals surface area contributed by atoms with E-state index in [0.717, 1.165) is 12.8 Å². The van der Waals surface area contributed by atoms with E-state index in [0.29, 0.717) is 18.5 Å². The fourth-order valence-corrected chi connectivity index (χ4v) is 2.06. The molecular weight excluding hydrogens is 244 g/mol. The Morgan fingerprint density at radius 1 is 1.53 bits per heavy atom. The normalized spacial score (nSPS) is 19.9. The summed E-state index contributed by atoms with van der Waals surface area (Å²) in [4.78, 5) is 23.8. The third-order valence-electron chi connectivity index (χ3n) is 3.23. The van der Waals surface area contributed by atoms with Gasteiger partial charge in [-0.2, -0.15) is 5.10 Å². The summed E-state index contributed by atoms with van der Waals surface area (Å²) in [6.45, 7) is 4.68. The molecule has 104 valence electrons. The summed E-state index contributed by atoms with van der Waals surface area (Å²) in [7, 11) is 0. The molecule has 2 rings (SSSR count). The molecule has 1 unspecified atom stereocenters. The van der Waals surface area contributed by atoms with Crippen LogP contribution in [0.2, 0.25) is 0 Å². The number of nitrogens with one attached hydrogen (secondary N) is 2. The van der Waals surface area contributed by atoms with Crippen LogP contribution in [-0.4, -0.2) is 34.2 Å². The molecule has 0 spiro atoms. The standard InChI is InChI=1S/C13H20N4O2/c1-9(2)17-8-10(7-15-17)12(18)16-11-5-3-4-6-14-13(11)19/h7-9,11H,3-6H2,1-2H3,(H,14,19)(H,16,18). The average molecular weight is 264 g/mol. The molecule has 0 aliphatic carbocycles. The molecule has 2 amide bonds. The van der Waals surface area contributed by atoms with Crippen molar-refractivity contribution in [1.82, 2.24) is 20.4 Å². The molecule has 0 saturated carbocycles. The van der Waals surface area contributed by atoms with Crippen LogP contribution in [0.15, 0.2) is 12.4 Å². The average Bonchev–Trinajstić information content (AvgIpc) is 2.78. The Hall–Kier alpha value is -1.85. The zero-order chi connectivity index (χ0) is 13.8. The lowest BCUT2D eigenvalue weighted by atomic mass is 10.1. The smallest absolute Gasteiger partial charge is 0.255 e. The van der Waals surface area contributed by atoms with E-state index in [9.17, 15) is 9.59 Å². The van der Waals surface area contributed by atoms with Gasteiger partial charge >= 0.3 is 0 Å². The van der Waals surface area contributed by atoms with Gasteiger partial charge in [-0.1, -0.05) is 0 Å². The van der Waals surface area contributed by atoms with Crippen LogP contribution >= 0.6 is 0 Å². The third kappa shape index (κ3) is 3.33. The van der Waals surface area contributed by atoms with Crippen molar-refractivity contribution in [2.45, 2.75) is 45.2 Å². The molecule has 1 saturated heterocycles. The Balaban J connectivity index is 2.00. The number of hydrogen-bond donors (Lipinski definition) is 2. The van der Waals surface area contributed by atoms with Crippen molar-refractivity contribution in [3.8, 4) is 0 Å². The first-order chi connectivity index (χ1) is 9.08. The highest BCUT2D eigenvalue weighted by molar-refractivity contribution is 5.97. The van der Waals surface area contributed by atoms with E-state index in [4.69, 9.17) is 0 Å². The van der Waals surface area contributed by atoms with E-state index in [1.54, 1.807) is 10.9 Å². The Labute approximate surface area is 112 Å². The van der Waals surface area contributed by atoms with Gasteiger partial charge in [-0.3, -0.25) is 14.3 Å². The number of amides is 2. The molecule has 1 aromatic heterocycles. The Morgan fingerprint density at radius 2 is 2.32 bits per heavy atom. The molecule has 19 heavy (non-hydrogen) atoms. The van der Waals surface area contributed by atoms with Gasteiger partial charge in [0.2, 0.25) is 5.91 Å². The van der Waals surface area contributed by atoms with Crippen molar-refractivity contribution in [3.05, 3.63) is 18.0 Å². The van der Waals surface area contributed by atoms with Crippen LogP contribution < -0.4 is 10.6 Å². The summed E-state index contributed by atoms with van der Waals surface area (Å²) < 4.78 is 1.72. The Morgan fingerprint density at radius 3 is 3.00 bits per heavy atom. The lowest BCUT2D eigenvalue weighted by Crippen LogP contribution is -2.45. The quantitative estimate of drug-likeness (QED) is 0.850. The van der Waals surface area contributed by atoms with Gasteiger partial charge in [0.15, 0.2) is 0 Å². The number of rotatable bonds is 3. The molecule has 1 atom stereocenters. The summed E-state index contributed by atoms with van der Waals surface area (Å²) in [6, 6.07) is -0.222. The molecule has 2 heterocycles. The van der Waals surface area contributed by atoms with Crippen LogP contribution in [-0.2, 0) is 4.79 Å². The summed E-state index contributed by atoms with van der Waals surface area (Å²) in [5.41, 5.74) is 0.491. The topological polar surface area (TPSA) is 76.0 Å². The van der Waals surface area contributed by atoms with Crippen LogP contribution in [0.3, 0.4) is 0 Å². The molecular formula is C13H20N4O2. The van der Waals surface area contributed by atoms with E-state index in [-0.39, 0.29) is 17.9 Å². The van der Waals surface area contributed by atoms with Gasteiger partial charge in [-0.15, -0.1) is 0 Å². The van der Waals surface area contributed by atoms with E-state index in [2.05, 4.69) is 15.7 Å². The molecule has 6 nitrogen and oxygen atoms in total. The van der Waals surface area contributed by atoms with Crippen LogP contribution in [0.4, 0.5) is 0 Å². The number of hydrogen-bond acceptors (Lipinski definition) is 3. The summed E-state index contributed by atoms with van der Waals surface area (Å²) >= 11 is 0. The lowest BCUT2D eigenvalue weighted by Gasteiger charge is -2.14. The van der Waals surface area contributed by atoms with Crippen molar-refractivity contribution in [3.63, 3.8) is 0 Å². The second-order valence-corrected chi connectivity index (χ2v) is 5.12. The molecule has 1 aliphatic heterocycles. The van der Waals surface area contributed by atoms with Crippen LogP contribution in [0.5, 0.6) is 0 Å². The van der Waals surface area contributed by atoms with Crippen LogP contribution in [0.1, 0.15) is 49.5 Å². The minimum Gasteiger partial charge on any atom is -0.354 e. The van der Waals surface area contributed by atoms with Gasteiger partial charge in [0.1, 0.15) is 6.04 Å². The van der Waals surface area contributed by atoms with Crippen LogP contribution in [0, 0.1) is 0 Å². The number of carbonyl (C=O) groups is 2. The zero-order valence-corrected chi connectivity index (χ0v) is 11.3. The minimum atomic E-state index is -0.433. The maximum Gasteiger partial charge on any atom is 0.255 e. The van der Waals surface area contributed by atoms with Crippen LogP contribution in [0.25, 0.3) is 0 Å². The second kappa shape index (κ2) is 5.86. The van der Waals surface area contributed by atoms with Gasteiger partial charge < -0.3 is 10.6 Å². The lowest BCUT2D eigenvalue weighted by molar-refractivity contribution is -0.122. The summed E-state index contributed by atoms with van der Waals surface area (Å²) in [5, 5.41) is 9.70. The first-order valence-electron chi connectivity index (χ1n) is 6.70. The van der Waals surface area contributed by atoms with Crippen molar-refractivity contribution < 1.29 is 9.59 Å². The van der Waals surface area contributed by atoms with Crippen molar-refractivity contribution in [2.24, 2.45) is 0 Å². The highest BCUT2D eigenvalue weighted by Gasteiger charge is 2.23. The first kappa shape index (κ1) is 13.6. The van der Waals surface area contributed by atoms with Crippen molar-refractivity contribution in [1.29, 1.82) is 0 Å². The monoisotopic (exact) mass is 264 g/mol. The molecule has 6 heteroatoms. The molecule has 0 bridgehead atoms. The van der Waals surface area contributed by atoms with E-state index in [1.807, 2.05) is 13.8 Å². The molecule has 1 fully saturated rings. The molecule has 2 N–H and O–H groups in total.